The molecule has 234 valence electrons. The molecule has 3 aromatic rings. The number of nitrogens with zero attached hydrogens (tertiary/aromatic N) is 1. The number of carbonyl (C=O) groups is 2. The van der Waals surface area contributed by atoms with Gasteiger partial charge in [0.1, 0.15) is 17.4 Å². The fourth-order valence-corrected chi connectivity index (χ4v) is 6.38. The molecule has 0 radical (unpaired) electrons. The topological polar surface area (TPSA) is 97.3 Å². The van der Waals surface area contributed by atoms with Crippen molar-refractivity contribution in [2.45, 2.75) is 58.9 Å². The smallest absolute Gasteiger partial charge is 0.309 e. The Bertz CT molecular complexity index is 1540. The number of benzene rings is 3. The Morgan fingerprint density at radius 2 is 1.64 bits per heavy atom. The van der Waals surface area contributed by atoms with E-state index in [1.165, 1.54) is 24.3 Å². The van der Waals surface area contributed by atoms with Gasteiger partial charge < -0.3 is 24.6 Å². The van der Waals surface area contributed by atoms with Crippen LogP contribution in [0.4, 0.5) is 14.5 Å². The summed E-state index contributed by atoms with van der Waals surface area (Å²) in [5.41, 5.74) is 4.01. The molecule has 2 N–H and O–H groups in total. The lowest BCUT2D eigenvalue weighted by Crippen LogP contribution is -2.36. The van der Waals surface area contributed by atoms with Gasteiger partial charge >= 0.3 is 5.97 Å². The summed E-state index contributed by atoms with van der Waals surface area (Å²) in [6, 6.07) is 9.93. The molecular formula is C34H38F2N2O6. The van der Waals surface area contributed by atoms with Crippen molar-refractivity contribution >= 4 is 17.6 Å². The third kappa shape index (κ3) is 6.22. The molecule has 44 heavy (non-hydrogen) atoms. The van der Waals surface area contributed by atoms with E-state index in [9.17, 15) is 14.7 Å². The van der Waals surface area contributed by atoms with Crippen molar-refractivity contribution in [3.8, 4) is 17.2 Å². The first-order chi connectivity index (χ1) is 21.1. The normalized spacial score (nSPS) is 19.3. The van der Waals surface area contributed by atoms with Gasteiger partial charge in [-0.3, -0.25) is 14.5 Å². The van der Waals surface area contributed by atoms with E-state index in [4.69, 9.17) is 14.2 Å². The first kappa shape index (κ1) is 31.3. The highest BCUT2D eigenvalue weighted by molar-refractivity contribution is 5.94. The van der Waals surface area contributed by atoms with Gasteiger partial charge in [-0.25, -0.2) is 8.78 Å². The second-order valence-electron chi connectivity index (χ2n) is 11.3. The van der Waals surface area contributed by atoms with Gasteiger partial charge in [-0.2, -0.15) is 0 Å². The van der Waals surface area contributed by atoms with Crippen molar-refractivity contribution in [1.29, 1.82) is 0 Å². The second-order valence-corrected chi connectivity index (χ2v) is 11.3. The van der Waals surface area contributed by atoms with Crippen LogP contribution in [0.2, 0.25) is 0 Å². The van der Waals surface area contributed by atoms with E-state index >= 15 is 8.78 Å². The van der Waals surface area contributed by atoms with Crippen LogP contribution in [0.25, 0.3) is 0 Å². The Balaban J connectivity index is 1.53. The molecule has 2 aliphatic rings. The molecular weight excluding hydrogens is 570 g/mol. The lowest BCUT2D eigenvalue weighted by Gasteiger charge is -2.27. The molecule has 2 heterocycles. The van der Waals surface area contributed by atoms with Gasteiger partial charge in [0.15, 0.2) is 11.5 Å². The summed E-state index contributed by atoms with van der Waals surface area (Å²) >= 11 is 0. The number of carboxylic acid groups (broad SMARTS) is 1. The summed E-state index contributed by atoms with van der Waals surface area (Å²) in [5, 5.41) is 13.6. The van der Waals surface area contributed by atoms with Gasteiger partial charge in [0, 0.05) is 35.8 Å². The highest BCUT2D eigenvalue weighted by Gasteiger charge is 2.49. The molecule has 0 aromatic heterocycles. The molecule has 3 atom stereocenters. The number of nitrogens with one attached hydrogen (secondary N) is 1. The number of anilines is 1. The number of hydrogen-bond acceptors (Lipinski definition) is 6. The average molecular weight is 609 g/mol. The monoisotopic (exact) mass is 608 g/mol. The van der Waals surface area contributed by atoms with Crippen LogP contribution in [0.3, 0.4) is 0 Å². The van der Waals surface area contributed by atoms with Crippen LogP contribution in [-0.2, 0) is 22.4 Å². The van der Waals surface area contributed by atoms with Crippen LogP contribution in [0, 0.1) is 24.5 Å². The molecule has 0 spiro atoms. The molecule has 2 aliphatic heterocycles. The van der Waals surface area contributed by atoms with E-state index in [1.54, 1.807) is 11.0 Å². The van der Waals surface area contributed by atoms with Crippen molar-refractivity contribution in [2.24, 2.45) is 5.92 Å². The van der Waals surface area contributed by atoms with Crippen LogP contribution in [-0.4, -0.2) is 48.4 Å². The Labute approximate surface area is 255 Å². The number of halogens is 2. The molecule has 1 unspecified atom stereocenters. The highest BCUT2D eigenvalue weighted by atomic mass is 19.1. The van der Waals surface area contributed by atoms with Crippen molar-refractivity contribution < 1.29 is 37.7 Å². The predicted octanol–water partition coefficient (Wildman–Crippen LogP) is 6.40. The highest BCUT2D eigenvalue weighted by Crippen LogP contribution is 2.49. The molecule has 1 fully saturated rings. The number of aryl methyl sites for hydroxylation is 3. The van der Waals surface area contributed by atoms with Gasteiger partial charge in [-0.15, -0.1) is 0 Å². The quantitative estimate of drug-likeness (QED) is 0.260. The summed E-state index contributed by atoms with van der Waals surface area (Å²) in [6.07, 6.45) is 2.15. The molecule has 10 heteroatoms. The molecule has 0 aliphatic carbocycles. The number of amides is 1. The largest absolute Gasteiger partial charge is 0.494 e. The SMILES string of the molecule is CCCOc1ccc([C@H]2C(C(=O)O)[C@@H](c3cc4c(cc3F)OCO4)CN2CC(=O)Nc2c(CC)cc(C)cc2CC)c(F)c1. The average Bonchev–Trinajstić information content (AvgIpc) is 3.60. The number of rotatable bonds is 11. The summed E-state index contributed by atoms with van der Waals surface area (Å²) < 4.78 is 47.5. The van der Waals surface area contributed by atoms with Crippen LogP contribution in [0.1, 0.15) is 67.0 Å². The first-order valence-electron chi connectivity index (χ1n) is 15.0. The Morgan fingerprint density at radius 1 is 0.977 bits per heavy atom. The molecule has 1 saturated heterocycles. The third-order valence-electron chi connectivity index (χ3n) is 8.36. The van der Waals surface area contributed by atoms with Gasteiger partial charge in [-0.1, -0.05) is 44.5 Å². The van der Waals surface area contributed by atoms with Gasteiger partial charge in [0.05, 0.1) is 25.1 Å². The maximum absolute atomic E-state index is 15.7. The number of carbonyl (C=O) groups excluding carboxylic acids is 1. The second kappa shape index (κ2) is 13.2. The van der Waals surface area contributed by atoms with E-state index < -0.39 is 35.5 Å². The van der Waals surface area contributed by atoms with Crippen LogP contribution in [0.15, 0.2) is 42.5 Å². The van der Waals surface area contributed by atoms with E-state index in [2.05, 4.69) is 5.32 Å². The number of ether oxygens (including phenoxy) is 3. The molecule has 3 aromatic carbocycles. The molecule has 8 nitrogen and oxygen atoms in total. The van der Waals surface area contributed by atoms with Crippen molar-refractivity contribution in [3.63, 3.8) is 0 Å². The lowest BCUT2D eigenvalue weighted by molar-refractivity contribution is -0.143. The van der Waals surface area contributed by atoms with E-state index in [0.29, 0.717) is 30.9 Å². The standard InChI is InChI=1S/C34H38F2N2O6/c1-5-10-42-22-8-9-23(26(35)13-22)33-31(34(40)41)25(24-14-28-29(15-27(24)36)44-18-43-28)16-38(33)17-30(39)37-32-20(6-2)11-19(4)12-21(32)7-3/h8-9,11-15,25,31,33H,5-7,10,16-18H2,1-4H3,(H,37,39)(H,40,41)/t25-,31?,33+/m1/s1. The van der Waals surface area contributed by atoms with Gasteiger partial charge in [0.25, 0.3) is 0 Å². The van der Waals surface area contributed by atoms with Crippen molar-refractivity contribution in [2.75, 3.05) is 31.8 Å². The predicted molar refractivity (Wildman–Crippen MR) is 161 cm³/mol. The molecule has 5 rings (SSSR count). The number of aliphatic carboxylic acids is 1. The number of likely N-dealkylation sites (tertiary alicyclic amines) is 1. The molecule has 0 saturated carbocycles. The van der Waals surface area contributed by atoms with Crippen LogP contribution < -0.4 is 19.5 Å². The molecule has 1 amide bonds. The summed E-state index contributed by atoms with van der Waals surface area (Å²) in [7, 11) is 0. The van der Waals surface area contributed by atoms with Gasteiger partial charge in [0.2, 0.25) is 12.7 Å². The third-order valence-corrected chi connectivity index (χ3v) is 8.36. The fourth-order valence-electron chi connectivity index (χ4n) is 6.38. The first-order valence-corrected chi connectivity index (χ1v) is 15.0. The van der Waals surface area contributed by atoms with Crippen LogP contribution >= 0.6 is 0 Å². The summed E-state index contributed by atoms with van der Waals surface area (Å²) in [4.78, 5) is 28.2. The minimum absolute atomic E-state index is 0.00564. The molecule has 0 bridgehead atoms. The van der Waals surface area contributed by atoms with Gasteiger partial charge in [-0.05, 0) is 55.0 Å². The van der Waals surface area contributed by atoms with Crippen molar-refractivity contribution in [3.05, 3.63) is 81.9 Å². The van der Waals surface area contributed by atoms with Crippen LogP contribution in [0.5, 0.6) is 17.2 Å². The minimum Gasteiger partial charge on any atom is -0.494 e. The van der Waals surface area contributed by atoms with E-state index in [-0.39, 0.29) is 42.7 Å². The lowest BCUT2D eigenvalue weighted by atomic mass is 9.82. The fraction of sp³-hybridized carbons (Fsp3) is 0.412. The summed E-state index contributed by atoms with van der Waals surface area (Å²) in [5.74, 6) is -4.24. The summed E-state index contributed by atoms with van der Waals surface area (Å²) in [6.45, 7) is 8.06. The maximum Gasteiger partial charge on any atom is 0.309 e. The Kier molecular flexibility index (Phi) is 9.39. The van der Waals surface area contributed by atoms with E-state index in [0.717, 1.165) is 28.8 Å². The zero-order chi connectivity index (χ0) is 31.5. The maximum atomic E-state index is 15.7. The zero-order valence-electron chi connectivity index (χ0n) is 25.4. The number of carboxylic acids is 1. The van der Waals surface area contributed by atoms with E-state index in [1.807, 2.05) is 39.8 Å². The Hall–Kier alpha value is -4.18. The number of hydrogen-bond donors (Lipinski definition) is 2. The van der Waals surface area contributed by atoms with Crippen molar-refractivity contribution in [1.82, 2.24) is 4.90 Å². The minimum atomic E-state index is -1.27. The number of fused-ring (bicyclic) bond motifs is 1. The Morgan fingerprint density at radius 3 is 2.25 bits per heavy atom. The zero-order valence-corrected chi connectivity index (χ0v) is 25.4.